The Morgan fingerprint density at radius 3 is 2.43 bits per heavy atom. The lowest BCUT2D eigenvalue weighted by molar-refractivity contribution is -0.146. The molecule has 28 heavy (non-hydrogen) atoms. The molecule has 0 unspecified atom stereocenters. The molecule has 0 atom stereocenters. The van der Waals surface area contributed by atoms with E-state index in [1.165, 1.54) is 7.11 Å². The summed E-state index contributed by atoms with van der Waals surface area (Å²) >= 11 is 5.10. The molecule has 0 aliphatic heterocycles. The summed E-state index contributed by atoms with van der Waals surface area (Å²) in [5.41, 5.74) is 0.818. The van der Waals surface area contributed by atoms with Crippen molar-refractivity contribution in [2.45, 2.75) is 12.8 Å². The number of amides is 2. The number of anilines is 1. The molecule has 1 rings (SSSR count). The number of benzene rings is 1. The van der Waals surface area contributed by atoms with Crippen LogP contribution in [0.15, 0.2) is 24.3 Å². The van der Waals surface area contributed by atoms with E-state index < -0.39 is 11.9 Å². The van der Waals surface area contributed by atoms with Crippen LogP contribution in [0.25, 0.3) is 0 Å². The van der Waals surface area contributed by atoms with Crippen molar-refractivity contribution in [1.29, 1.82) is 0 Å². The molecular formula is C18H25N3O6S. The SMILES string of the molecule is COCCNC(=O)c1ccccc1NC(=S)NC(=O)CCC(=O)OCCOC. The minimum atomic E-state index is -0.496. The summed E-state index contributed by atoms with van der Waals surface area (Å²) in [6.45, 7) is 1.19. The lowest BCUT2D eigenvalue weighted by Crippen LogP contribution is -2.35. The van der Waals surface area contributed by atoms with E-state index in [2.05, 4.69) is 16.0 Å². The molecule has 9 nitrogen and oxygen atoms in total. The molecule has 0 fully saturated rings. The van der Waals surface area contributed by atoms with Crippen molar-refractivity contribution in [3.8, 4) is 0 Å². The van der Waals surface area contributed by atoms with Gasteiger partial charge in [-0.1, -0.05) is 12.1 Å². The van der Waals surface area contributed by atoms with Gasteiger partial charge in [-0.2, -0.15) is 0 Å². The number of ether oxygens (including phenoxy) is 3. The Labute approximate surface area is 169 Å². The number of thiocarbonyl (C=S) groups is 1. The lowest BCUT2D eigenvalue weighted by atomic mass is 10.1. The van der Waals surface area contributed by atoms with Crippen LogP contribution in [-0.4, -0.2) is 63.5 Å². The highest BCUT2D eigenvalue weighted by Gasteiger charge is 2.13. The largest absolute Gasteiger partial charge is 0.463 e. The molecule has 0 bridgehead atoms. The van der Waals surface area contributed by atoms with Gasteiger partial charge in [0.05, 0.1) is 30.9 Å². The minimum absolute atomic E-state index is 0.0230. The first kappa shape index (κ1) is 23.5. The Balaban J connectivity index is 2.49. The molecule has 0 heterocycles. The van der Waals surface area contributed by atoms with Gasteiger partial charge in [-0.3, -0.25) is 14.4 Å². The second-order valence-corrected chi connectivity index (χ2v) is 5.92. The van der Waals surface area contributed by atoms with Crippen molar-refractivity contribution in [2.24, 2.45) is 0 Å². The number of rotatable bonds is 11. The number of esters is 1. The summed E-state index contributed by atoms with van der Waals surface area (Å²) in [6, 6.07) is 6.74. The minimum Gasteiger partial charge on any atom is -0.463 e. The van der Waals surface area contributed by atoms with Crippen LogP contribution in [-0.2, 0) is 23.8 Å². The average molecular weight is 411 g/mol. The van der Waals surface area contributed by atoms with E-state index >= 15 is 0 Å². The van der Waals surface area contributed by atoms with Crippen molar-refractivity contribution >= 4 is 40.8 Å². The standard InChI is InChI=1S/C18H25N3O6S/c1-25-10-9-19-17(24)13-5-3-4-6-14(13)20-18(28)21-15(22)7-8-16(23)27-12-11-26-2/h3-6H,7-12H2,1-2H3,(H,19,24)(H2,20,21,22,28). The number of nitrogens with one attached hydrogen (secondary N) is 3. The van der Waals surface area contributed by atoms with Crippen LogP contribution in [0, 0.1) is 0 Å². The van der Waals surface area contributed by atoms with E-state index in [-0.39, 0.29) is 30.5 Å². The van der Waals surface area contributed by atoms with Crippen LogP contribution >= 0.6 is 12.2 Å². The van der Waals surface area contributed by atoms with Gasteiger partial charge in [-0.25, -0.2) is 0 Å². The van der Waals surface area contributed by atoms with Gasteiger partial charge in [-0.05, 0) is 24.4 Å². The van der Waals surface area contributed by atoms with Gasteiger partial charge in [0.25, 0.3) is 5.91 Å². The van der Waals surface area contributed by atoms with Crippen LogP contribution < -0.4 is 16.0 Å². The molecule has 154 valence electrons. The fourth-order valence-corrected chi connectivity index (χ4v) is 2.25. The molecule has 0 aliphatic rings. The van der Waals surface area contributed by atoms with E-state index in [9.17, 15) is 14.4 Å². The monoisotopic (exact) mass is 411 g/mol. The topological polar surface area (TPSA) is 115 Å². The van der Waals surface area contributed by atoms with Gasteiger partial charge in [0.15, 0.2) is 5.11 Å². The van der Waals surface area contributed by atoms with E-state index in [1.807, 2.05) is 0 Å². The summed E-state index contributed by atoms with van der Waals surface area (Å²) in [4.78, 5) is 35.6. The highest BCUT2D eigenvalue weighted by Crippen LogP contribution is 2.14. The maximum Gasteiger partial charge on any atom is 0.306 e. The zero-order valence-corrected chi connectivity index (χ0v) is 16.7. The lowest BCUT2D eigenvalue weighted by Gasteiger charge is -2.13. The molecule has 0 saturated carbocycles. The van der Waals surface area contributed by atoms with Gasteiger partial charge >= 0.3 is 5.97 Å². The third kappa shape index (κ3) is 9.40. The number of hydrogen-bond acceptors (Lipinski definition) is 7. The molecule has 2 amide bonds. The van der Waals surface area contributed by atoms with Gasteiger partial charge in [0.1, 0.15) is 6.61 Å². The molecule has 0 aliphatic carbocycles. The summed E-state index contributed by atoms with van der Waals surface area (Å²) in [5.74, 6) is -1.24. The van der Waals surface area contributed by atoms with Gasteiger partial charge < -0.3 is 30.2 Å². The summed E-state index contributed by atoms with van der Waals surface area (Å²) in [6.07, 6.45) is -0.149. The fourth-order valence-electron chi connectivity index (χ4n) is 2.02. The zero-order valence-electron chi connectivity index (χ0n) is 15.9. The fraction of sp³-hybridized carbons (Fsp3) is 0.444. The van der Waals surface area contributed by atoms with Gasteiger partial charge in [-0.15, -0.1) is 0 Å². The maximum absolute atomic E-state index is 12.2. The number of methoxy groups -OCH3 is 2. The number of carbonyl (C=O) groups excluding carboxylic acids is 3. The average Bonchev–Trinajstić information content (AvgIpc) is 2.67. The molecule has 0 radical (unpaired) electrons. The van der Waals surface area contributed by atoms with E-state index in [0.29, 0.717) is 31.0 Å². The quantitative estimate of drug-likeness (QED) is 0.279. The van der Waals surface area contributed by atoms with Crippen molar-refractivity contribution < 1.29 is 28.6 Å². The Morgan fingerprint density at radius 1 is 1.00 bits per heavy atom. The molecule has 0 aromatic heterocycles. The first-order valence-electron chi connectivity index (χ1n) is 8.59. The maximum atomic E-state index is 12.2. The Hall–Kier alpha value is -2.56. The predicted octanol–water partition coefficient (Wildman–Crippen LogP) is 0.846. The predicted molar refractivity (Wildman–Crippen MR) is 107 cm³/mol. The normalized spacial score (nSPS) is 10.1. The van der Waals surface area contributed by atoms with E-state index in [0.717, 1.165) is 0 Å². The van der Waals surface area contributed by atoms with Crippen molar-refractivity contribution in [2.75, 3.05) is 45.9 Å². The van der Waals surface area contributed by atoms with Crippen molar-refractivity contribution in [3.63, 3.8) is 0 Å². The van der Waals surface area contributed by atoms with Crippen LogP contribution in [0.4, 0.5) is 5.69 Å². The van der Waals surface area contributed by atoms with Crippen LogP contribution in [0.1, 0.15) is 23.2 Å². The van der Waals surface area contributed by atoms with Crippen LogP contribution in [0.5, 0.6) is 0 Å². The molecule has 1 aromatic carbocycles. The second-order valence-electron chi connectivity index (χ2n) is 5.51. The van der Waals surface area contributed by atoms with Crippen LogP contribution in [0.2, 0.25) is 0 Å². The van der Waals surface area contributed by atoms with Crippen molar-refractivity contribution in [1.82, 2.24) is 10.6 Å². The van der Waals surface area contributed by atoms with E-state index in [4.69, 9.17) is 26.4 Å². The number of para-hydroxylation sites is 1. The molecule has 3 N–H and O–H groups in total. The molecule has 0 saturated heterocycles. The highest BCUT2D eigenvalue weighted by molar-refractivity contribution is 7.80. The smallest absolute Gasteiger partial charge is 0.306 e. The van der Waals surface area contributed by atoms with Crippen LogP contribution in [0.3, 0.4) is 0 Å². The van der Waals surface area contributed by atoms with Crippen molar-refractivity contribution in [3.05, 3.63) is 29.8 Å². The number of hydrogen-bond donors (Lipinski definition) is 3. The molecule has 0 spiro atoms. The molecular weight excluding hydrogens is 386 g/mol. The molecule has 10 heteroatoms. The summed E-state index contributed by atoms with van der Waals surface area (Å²) in [7, 11) is 3.04. The van der Waals surface area contributed by atoms with Gasteiger partial charge in [0, 0.05) is 27.2 Å². The van der Waals surface area contributed by atoms with Gasteiger partial charge in [0.2, 0.25) is 5.91 Å². The summed E-state index contributed by atoms with van der Waals surface area (Å²) in [5, 5.41) is 8.02. The summed E-state index contributed by atoms with van der Waals surface area (Å²) < 4.78 is 14.5. The third-order valence-electron chi connectivity index (χ3n) is 3.37. The highest BCUT2D eigenvalue weighted by atomic mass is 32.1. The zero-order chi connectivity index (χ0) is 20.8. The molecule has 1 aromatic rings. The Bertz CT molecular complexity index is 683. The third-order valence-corrected chi connectivity index (χ3v) is 3.58. The Morgan fingerprint density at radius 2 is 1.71 bits per heavy atom. The first-order chi connectivity index (χ1) is 13.5. The number of carbonyl (C=O) groups is 3. The van der Waals surface area contributed by atoms with E-state index in [1.54, 1.807) is 31.4 Å². The first-order valence-corrected chi connectivity index (χ1v) is 9.00. The second kappa shape index (κ2) is 13.6. The Kier molecular flexibility index (Phi) is 11.4.